The van der Waals surface area contributed by atoms with Crippen LogP contribution in [-0.4, -0.2) is 132 Å². The molecule has 0 spiro atoms. The number of amides is 10. The van der Waals surface area contributed by atoms with E-state index < -0.39 is 85.6 Å². The van der Waals surface area contributed by atoms with Gasteiger partial charge in [0.05, 0.1) is 38.3 Å². The van der Waals surface area contributed by atoms with Crippen LogP contribution in [-0.2, 0) is 38.4 Å². The molecule has 2 rings (SSSR count). The Morgan fingerprint density at radius 2 is 1.47 bits per heavy atom. The Labute approximate surface area is 323 Å². The Hall–Kier alpha value is -4.70. The van der Waals surface area contributed by atoms with Crippen LogP contribution in [0.2, 0.25) is 0 Å². The molecule has 310 valence electrons. The van der Waals surface area contributed by atoms with Crippen LogP contribution in [0.3, 0.4) is 0 Å². The monoisotopic (exact) mass is 800 g/mol. The number of aliphatic hydroxyl groups is 1. The van der Waals surface area contributed by atoms with E-state index in [0.29, 0.717) is 31.1 Å². The molecule has 21 nitrogen and oxygen atoms in total. The summed E-state index contributed by atoms with van der Waals surface area (Å²) in [6, 6.07) is -2.27. The fourth-order valence-corrected chi connectivity index (χ4v) is 7.52. The minimum atomic E-state index is -1.45. The molecule has 0 aromatic carbocycles. The van der Waals surface area contributed by atoms with Crippen molar-refractivity contribution < 1.29 is 53.5 Å². The van der Waals surface area contributed by atoms with Gasteiger partial charge >= 0.3 is 6.03 Å². The minimum absolute atomic E-state index is 0.00485. The lowest BCUT2D eigenvalue weighted by molar-refractivity contribution is -0.137. The van der Waals surface area contributed by atoms with Crippen molar-refractivity contribution >= 4 is 65.1 Å². The standard InChI is InChI=1S/C33H56N10O11S/c1-18(2)11-19(12-25(46)43-54)31(51)40-21(16-44)32(52)38-14-27(48)36-13-26(47)37-15-28(49)39-20(30(34)50)7-5-6-10-35-24(45)9-4-3-8-23-29-22(17-55-23)41-33(53)42-29/h18-23,29,44,54H,3-17H2,1-2H3,(H2,34,50)(H,35,45)(H,36,48)(H,37,47)(H,38,52)(H,39,49)(H,40,51)(H,43,46)(H2,41,42,53)/t19?,20-,21-,22-,23-,29-/m0/s1. The first-order valence-corrected chi connectivity index (χ1v) is 19.4. The predicted octanol–water partition coefficient (Wildman–Crippen LogP) is -3.65. The molecular formula is C33H56N10O11S. The summed E-state index contributed by atoms with van der Waals surface area (Å²) in [5.41, 5.74) is 6.86. The number of hydrogen-bond donors (Lipinski definition) is 12. The quantitative estimate of drug-likeness (QED) is 0.0175. The third-order valence-corrected chi connectivity index (χ3v) is 10.3. The van der Waals surface area contributed by atoms with Crippen molar-refractivity contribution in [2.24, 2.45) is 17.6 Å². The number of fused-ring (bicyclic) bond motifs is 1. The molecule has 55 heavy (non-hydrogen) atoms. The maximum Gasteiger partial charge on any atom is 0.315 e. The lowest BCUT2D eigenvalue weighted by atomic mass is 9.92. The van der Waals surface area contributed by atoms with Crippen molar-refractivity contribution in [3.8, 4) is 0 Å². The van der Waals surface area contributed by atoms with Crippen LogP contribution in [0.4, 0.5) is 4.79 Å². The fraction of sp³-hybridized carbons (Fsp3) is 0.727. The lowest BCUT2D eigenvalue weighted by Gasteiger charge is -2.21. The maximum atomic E-state index is 12.6. The molecule has 2 fully saturated rings. The Morgan fingerprint density at radius 1 is 0.800 bits per heavy atom. The second-order valence-electron chi connectivity index (χ2n) is 13.8. The summed E-state index contributed by atoms with van der Waals surface area (Å²) in [7, 11) is 0. The van der Waals surface area contributed by atoms with Crippen LogP contribution in [0.5, 0.6) is 0 Å². The topological polar surface area (TPSA) is 328 Å². The molecule has 1 unspecified atom stereocenters. The van der Waals surface area contributed by atoms with Crippen molar-refractivity contribution in [1.82, 2.24) is 48.0 Å². The molecule has 0 bridgehead atoms. The Bertz CT molecular complexity index is 1370. The highest BCUT2D eigenvalue weighted by atomic mass is 32.2. The first kappa shape index (κ1) is 46.5. The van der Waals surface area contributed by atoms with Gasteiger partial charge in [-0.3, -0.25) is 43.6 Å². The summed E-state index contributed by atoms with van der Waals surface area (Å²) in [6.45, 7) is 1.48. The molecule has 0 radical (unpaired) electrons. The zero-order chi connectivity index (χ0) is 40.9. The summed E-state index contributed by atoms with van der Waals surface area (Å²) < 4.78 is 0. The van der Waals surface area contributed by atoms with E-state index in [2.05, 4.69) is 42.5 Å². The van der Waals surface area contributed by atoms with Gasteiger partial charge in [0.15, 0.2) is 0 Å². The number of primary amides is 1. The maximum absolute atomic E-state index is 12.6. The van der Waals surface area contributed by atoms with Crippen molar-refractivity contribution in [2.75, 3.05) is 38.5 Å². The second kappa shape index (κ2) is 24.7. The molecule has 2 aliphatic heterocycles. The molecule has 2 saturated heterocycles. The number of hydroxylamine groups is 1. The van der Waals surface area contributed by atoms with E-state index in [-0.39, 0.29) is 49.2 Å². The normalized spacial score (nSPS) is 18.7. The van der Waals surface area contributed by atoms with Gasteiger partial charge in [-0.25, -0.2) is 10.3 Å². The van der Waals surface area contributed by atoms with E-state index in [1.807, 2.05) is 25.6 Å². The van der Waals surface area contributed by atoms with Gasteiger partial charge in [-0.15, -0.1) is 0 Å². The van der Waals surface area contributed by atoms with Crippen molar-refractivity contribution in [1.29, 1.82) is 0 Å². The summed E-state index contributed by atoms with van der Waals surface area (Å²) in [4.78, 5) is 109. The van der Waals surface area contributed by atoms with Gasteiger partial charge in [-0.05, 0) is 44.4 Å². The van der Waals surface area contributed by atoms with Crippen LogP contribution in [0, 0.1) is 11.8 Å². The zero-order valence-corrected chi connectivity index (χ0v) is 32.0. The smallest absolute Gasteiger partial charge is 0.315 e. The van der Waals surface area contributed by atoms with Crippen LogP contribution in [0.15, 0.2) is 0 Å². The van der Waals surface area contributed by atoms with E-state index in [1.54, 1.807) is 0 Å². The molecule has 0 saturated carbocycles. The number of thioether (sulfide) groups is 1. The SMILES string of the molecule is CC(C)CC(CC(=O)NO)C(=O)N[C@@H](CO)C(=O)NCC(=O)NCC(=O)NCC(=O)N[C@@H](CCCCNC(=O)CCCC[C@@H]1SC[C@@H]2NC(=O)N[C@@H]21)C(N)=O. The summed E-state index contributed by atoms with van der Waals surface area (Å²) in [5.74, 6) is -5.55. The average molecular weight is 801 g/mol. The number of hydrogen-bond acceptors (Lipinski definition) is 12. The van der Waals surface area contributed by atoms with Gasteiger partial charge < -0.3 is 53.4 Å². The van der Waals surface area contributed by atoms with Crippen molar-refractivity contribution in [3.05, 3.63) is 0 Å². The van der Waals surface area contributed by atoms with Gasteiger partial charge in [0, 0.05) is 36.3 Å². The van der Waals surface area contributed by atoms with Gasteiger partial charge in [-0.2, -0.15) is 11.8 Å². The molecule has 13 N–H and O–H groups in total. The third kappa shape index (κ3) is 18.0. The van der Waals surface area contributed by atoms with Crippen LogP contribution in [0.1, 0.15) is 71.6 Å². The molecule has 0 aliphatic carbocycles. The predicted molar refractivity (Wildman–Crippen MR) is 197 cm³/mol. The van der Waals surface area contributed by atoms with E-state index in [9.17, 15) is 48.3 Å². The van der Waals surface area contributed by atoms with Gasteiger partial charge in [-0.1, -0.05) is 20.3 Å². The van der Waals surface area contributed by atoms with Gasteiger partial charge in [0.2, 0.25) is 47.3 Å². The molecule has 2 aliphatic rings. The van der Waals surface area contributed by atoms with E-state index in [1.165, 1.54) is 5.48 Å². The largest absolute Gasteiger partial charge is 0.394 e. The highest BCUT2D eigenvalue weighted by molar-refractivity contribution is 8.00. The van der Waals surface area contributed by atoms with Crippen molar-refractivity contribution in [2.45, 2.75) is 101 Å². The Balaban J connectivity index is 1.58. The molecule has 2 heterocycles. The molecule has 10 amide bonds. The van der Waals surface area contributed by atoms with E-state index >= 15 is 0 Å². The van der Waals surface area contributed by atoms with E-state index in [0.717, 1.165) is 25.0 Å². The highest BCUT2D eigenvalue weighted by Gasteiger charge is 2.42. The molecule has 0 aromatic rings. The Morgan fingerprint density at radius 3 is 2.11 bits per heavy atom. The number of carbonyl (C=O) groups excluding carboxylic acids is 9. The first-order chi connectivity index (χ1) is 26.1. The van der Waals surface area contributed by atoms with Crippen LogP contribution < -0.4 is 53.7 Å². The Kier molecular flexibility index (Phi) is 20.8. The number of nitrogens with one attached hydrogen (secondary N) is 9. The number of carbonyl (C=O) groups is 9. The van der Waals surface area contributed by atoms with Crippen LogP contribution >= 0.6 is 11.8 Å². The fourth-order valence-electron chi connectivity index (χ4n) is 5.97. The molecule has 22 heteroatoms. The zero-order valence-electron chi connectivity index (χ0n) is 31.2. The highest BCUT2D eigenvalue weighted by Crippen LogP contribution is 2.33. The van der Waals surface area contributed by atoms with Crippen molar-refractivity contribution in [3.63, 3.8) is 0 Å². The van der Waals surface area contributed by atoms with Gasteiger partial charge in [0.1, 0.15) is 12.1 Å². The average Bonchev–Trinajstić information content (AvgIpc) is 3.70. The first-order valence-electron chi connectivity index (χ1n) is 18.3. The third-order valence-electron chi connectivity index (χ3n) is 8.82. The summed E-state index contributed by atoms with van der Waals surface area (Å²) in [6.07, 6.45) is 4.01. The molecule has 6 atom stereocenters. The number of unbranched alkanes of at least 4 members (excludes halogenated alkanes) is 2. The second-order valence-corrected chi connectivity index (χ2v) is 15.1. The number of rotatable bonds is 26. The molecular weight excluding hydrogens is 744 g/mol. The number of nitrogens with two attached hydrogens (primary N) is 1. The number of urea groups is 1. The van der Waals surface area contributed by atoms with Gasteiger partial charge in [0.25, 0.3) is 0 Å². The van der Waals surface area contributed by atoms with E-state index in [4.69, 9.17) is 10.9 Å². The summed E-state index contributed by atoms with van der Waals surface area (Å²) >= 11 is 1.83. The summed E-state index contributed by atoms with van der Waals surface area (Å²) in [5, 5.41) is 38.9. The molecule has 0 aromatic heterocycles. The number of aliphatic hydroxyl groups excluding tert-OH is 1. The minimum Gasteiger partial charge on any atom is -0.394 e. The lowest BCUT2D eigenvalue weighted by Crippen LogP contribution is -2.53. The van der Waals surface area contributed by atoms with Crippen LogP contribution in [0.25, 0.3) is 0 Å².